The summed E-state index contributed by atoms with van der Waals surface area (Å²) in [5.74, 6) is -1.57. The largest absolute Gasteiger partial charge is 0.465 e. The third kappa shape index (κ3) is 5.17. The highest BCUT2D eigenvalue weighted by Gasteiger charge is 2.30. The summed E-state index contributed by atoms with van der Waals surface area (Å²) >= 11 is 0. The van der Waals surface area contributed by atoms with E-state index in [4.69, 9.17) is 5.73 Å². The molecule has 0 aliphatic rings. The first-order valence-corrected chi connectivity index (χ1v) is 8.11. The minimum Gasteiger partial charge on any atom is -0.465 e. The molecule has 0 saturated carbocycles. The molecule has 136 valence electrons. The Morgan fingerprint density at radius 3 is 2.17 bits per heavy atom. The van der Waals surface area contributed by atoms with E-state index in [1.807, 2.05) is 0 Å². The van der Waals surface area contributed by atoms with Gasteiger partial charge >= 0.3 is 11.9 Å². The molecular weight excluding hydrogens is 360 g/mol. The number of sulfonamides is 1. The standard InChI is InChI=1S/C14H20N2O6S.ClH/c1-14(2,8-15)16-23(19,20)11-7-9(12(17)21-3)5-6-10(11)13(18)22-4;/h5-7,16H,8,15H2,1-4H3;1H. The van der Waals surface area contributed by atoms with E-state index >= 15 is 0 Å². The summed E-state index contributed by atoms with van der Waals surface area (Å²) in [6, 6.07) is 3.54. The topological polar surface area (TPSA) is 125 Å². The quantitative estimate of drug-likeness (QED) is 0.695. The molecule has 0 saturated heterocycles. The lowest BCUT2D eigenvalue weighted by Gasteiger charge is -2.24. The van der Waals surface area contributed by atoms with Crippen LogP contribution in [0.2, 0.25) is 0 Å². The number of nitrogens with two attached hydrogens (primary N) is 1. The van der Waals surface area contributed by atoms with Crippen LogP contribution < -0.4 is 10.5 Å². The first-order chi connectivity index (χ1) is 10.6. The van der Waals surface area contributed by atoms with E-state index in [-0.39, 0.29) is 35.0 Å². The van der Waals surface area contributed by atoms with Crippen molar-refractivity contribution in [1.82, 2.24) is 4.72 Å². The molecule has 24 heavy (non-hydrogen) atoms. The molecule has 0 fully saturated rings. The highest BCUT2D eigenvalue weighted by molar-refractivity contribution is 7.89. The van der Waals surface area contributed by atoms with Crippen LogP contribution in [0.5, 0.6) is 0 Å². The smallest absolute Gasteiger partial charge is 0.339 e. The van der Waals surface area contributed by atoms with Crippen molar-refractivity contribution < 1.29 is 27.5 Å². The van der Waals surface area contributed by atoms with Gasteiger partial charge in [0, 0.05) is 12.1 Å². The van der Waals surface area contributed by atoms with Crippen LogP contribution in [0.4, 0.5) is 0 Å². The van der Waals surface area contributed by atoms with E-state index in [0.717, 1.165) is 13.2 Å². The van der Waals surface area contributed by atoms with E-state index in [2.05, 4.69) is 14.2 Å². The normalized spacial score (nSPS) is 11.4. The maximum absolute atomic E-state index is 12.6. The molecule has 0 atom stereocenters. The molecule has 0 radical (unpaired) electrons. The van der Waals surface area contributed by atoms with Crippen LogP contribution in [0.15, 0.2) is 23.1 Å². The molecule has 0 unspecified atom stereocenters. The zero-order valence-corrected chi connectivity index (χ0v) is 15.4. The lowest BCUT2D eigenvalue weighted by molar-refractivity contribution is 0.0583. The van der Waals surface area contributed by atoms with Crippen LogP contribution >= 0.6 is 12.4 Å². The summed E-state index contributed by atoms with van der Waals surface area (Å²) in [6.07, 6.45) is 0. The van der Waals surface area contributed by atoms with Gasteiger partial charge in [0.05, 0.1) is 30.2 Å². The lowest BCUT2D eigenvalue weighted by atomic mass is 10.1. The monoisotopic (exact) mass is 380 g/mol. The van der Waals surface area contributed by atoms with Crippen molar-refractivity contribution in [3.63, 3.8) is 0 Å². The highest BCUT2D eigenvalue weighted by Crippen LogP contribution is 2.21. The number of nitrogens with one attached hydrogen (secondary N) is 1. The first-order valence-electron chi connectivity index (χ1n) is 6.62. The predicted octanol–water partition coefficient (Wildman–Crippen LogP) is 0.697. The average molecular weight is 381 g/mol. The number of halogens is 1. The van der Waals surface area contributed by atoms with Gasteiger partial charge in [-0.3, -0.25) is 0 Å². The van der Waals surface area contributed by atoms with E-state index in [9.17, 15) is 18.0 Å². The zero-order valence-electron chi connectivity index (χ0n) is 13.8. The molecule has 8 nitrogen and oxygen atoms in total. The number of hydrogen-bond donors (Lipinski definition) is 2. The lowest BCUT2D eigenvalue weighted by Crippen LogP contribution is -2.49. The molecule has 0 aliphatic heterocycles. The van der Waals surface area contributed by atoms with Crippen molar-refractivity contribution in [2.75, 3.05) is 20.8 Å². The first kappa shape index (κ1) is 22.3. The fourth-order valence-corrected chi connectivity index (χ4v) is 3.37. The molecule has 0 aliphatic carbocycles. The SMILES string of the molecule is COC(=O)c1ccc(C(=O)OC)c(S(=O)(=O)NC(C)(C)CN)c1.Cl. The van der Waals surface area contributed by atoms with Crippen molar-refractivity contribution in [2.45, 2.75) is 24.3 Å². The van der Waals surface area contributed by atoms with E-state index in [1.54, 1.807) is 13.8 Å². The number of hydrogen-bond acceptors (Lipinski definition) is 7. The van der Waals surface area contributed by atoms with Gasteiger partial charge in [0.1, 0.15) is 0 Å². The molecule has 0 heterocycles. The van der Waals surface area contributed by atoms with Crippen molar-refractivity contribution in [2.24, 2.45) is 5.73 Å². The zero-order chi connectivity index (χ0) is 17.8. The third-order valence-corrected chi connectivity index (χ3v) is 4.76. The van der Waals surface area contributed by atoms with Gasteiger partial charge in [-0.1, -0.05) is 0 Å². The summed E-state index contributed by atoms with van der Waals surface area (Å²) in [5, 5.41) is 0. The van der Waals surface area contributed by atoms with Gasteiger partial charge in [0.25, 0.3) is 0 Å². The van der Waals surface area contributed by atoms with Crippen molar-refractivity contribution >= 4 is 34.4 Å². The van der Waals surface area contributed by atoms with Crippen LogP contribution in [0, 0.1) is 0 Å². The second-order valence-electron chi connectivity index (χ2n) is 5.39. The summed E-state index contributed by atoms with van der Waals surface area (Å²) in [4.78, 5) is 23.0. The number of rotatable bonds is 6. The third-order valence-electron chi connectivity index (χ3n) is 3.02. The van der Waals surface area contributed by atoms with Gasteiger partial charge in [-0.05, 0) is 32.0 Å². The second-order valence-corrected chi connectivity index (χ2v) is 7.04. The predicted molar refractivity (Wildman–Crippen MR) is 89.8 cm³/mol. The van der Waals surface area contributed by atoms with Crippen LogP contribution in [0.25, 0.3) is 0 Å². The molecular formula is C14H21ClN2O6S. The molecule has 0 amide bonds. The molecule has 0 aromatic heterocycles. The van der Waals surface area contributed by atoms with E-state index in [0.29, 0.717) is 0 Å². The molecule has 1 aromatic rings. The van der Waals surface area contributed by atoms with E-state index in [1.165, 1.54) is 19.2 Å². The number of benzene rings is 1. The number of carbonyl (C=O) groups is 2. The van der Waals surface area contributed by atoms with Crippen molar-refractivity contribution in [3.05, 3.63) is 29.3 Å². The summed E-state index contributed by atoms with van der Waals surface area (Å²) in [7, 11) is -1.82. The molecule has 3 N–H and O–H groups in total. The molecule has 0 bridgehead atoms. The Kier molecular flexibility index (Phi) is 7.84. The van der Waals surface area contributed by atoms with Gasteiger partial charge in [-0.15, -0.1) is 12.4 Å². The summed E-state index contributed by atoms with van der Waals surface area (Å²) in [6.45, 7) is 3.22. The van der Waals surface area contributed by atoms with Gasteiger partial charge in [0.15, 0.2) is 0 Å². The molecule has 1 aromatic carbocycles. The van der Waals surface area contributed by atoms with Gasteiger partial charge in [-0.25, -0.2) is 22.7 Å². The Morgan fingerprint density at radius 1 is 1.17 bits per heavy atom. The Bertz CT molecular complexity index is 718. The van der Waals surface area contributed by atoms with Gasteiger partial charge < -0.3 is 15.2 Å². The summed E-state index contributed by atoms with van der Waals surface area (Å²) in [5.41, 5.74) is 4.38. The molecule has 0 spiro atoms. The Balaban J connectivity index is 0.00000529. The molecule has 1 rings (SSSR count). The number of esters is 2. The maximum Gasteiger partial charge on any atom is 0.339 e. The van der Waals surface area contributed by atoms with Crippen molar-refractivity contribution in [1.29, 1.82) is 0 Å². The van der Waals surface area contributed by atoms with Crippen LogP contribution in [0.1, 0.15) is 34.6 Å². The Morgan fingerprint density at radius 2 is 1.71 bits per heavy atom. The minimum atomic E-state index is -4.12. The molecule has 10 heteroatoms. The maximum atomic E-state index is 12.6. The van der Waals surface area contributed by atoms with Crippen LogP contribution in [0.3, 0.4) is 0 Å². The van der Waals surface area contributed by atoms with Crippen LogP contribution in [-0.2, 0) is 19.5 Å². The fraction of sp³-hybridized carbons (Fsp3) is 0.429. The highest BCUT2D eigenvalue weighted by atomic mass is 35.5. The Hall–Kier alpha value is -1.68. The number of methoxy groups -OCH3 is 2. The summed E-state index contributed by atoms with van der Waals surface area (Å²) < 4.78 is 36.7. The minimum absolute atomic E-state index is 0. The fourth-order valence-electron chi connectivity index (χ4n) is 1.73. The van der Waals surface area contributed by atoms with Crippen LogP contribution in [-0.4, -0.2) is 46.7 Å². The number of carbonyl (C=O) groups excluding carboxylic acids is 2. The Labute approximate surface area is 147 Å². The van der Waals surface area contributed by atoms with Gasteiger partial charge in [-0.2, -0.15) is 0 Å². The average Bonchev–Trinajstić information content (AvgIpc) is 2.51. The van der Waals surface area contributed by atoms with Gasteiger partial charge in [0.2, 0.25) is 10.0 Å². The second kappa shape index (κ2) is 8.43. The number of ether oxygens (including phenoxy) is 2. The van der Waals surface area contributed by atoms with E-state index < -0.39 is 27.5 Å². The van der Waals surface area contributed by atoms with Crippen molar-refractivity contribution in [3.8, 4) is 0 Å².